The minimum absolute atomic E-state index is 0.0589. The quantitative estimate of drug-likeness (QED) is 0.557. The minimum Gasteiger partial charge on any atom is -0.486 e. The predicted octanol–water partition coefficient (Wildman–Crippen LogP) is 4.22. The van der Waals surface area contributed by atoms with Crippen LogP contribution in [0.5, 0.6) is 11.5 Å². The monoisotopic (exact) mass is 411 g/mol. The maximum atomic E-state index is 13.0. The van der Waals surface area contributed by atoms with E-state index in [4.69, 9.17) is 9.47 Å². The molecule has 0 atom stereocenters. The molecule has 1 amide bonds. The molecule has 0 aliphatic carbocycles. The highest BCUT2D eigenvalue weighted by Gasteiger charge is 2.29. The molecule has 0 bridgehead atoms. The van der Waals surface area contributed by atoms with Gasteiger partial charge in [-0.2, -0.15) is 0 Å². The van der Waals surface area contributed by atoms with E-state index in [-0.39, 0.29) is 17.6 Å². The van der Waals surface area contributed by atoms with Crippen LogP contribution in [0, 0.1) is 12.8 Å². The molecule has 2 aromatic carbocycles. The van der Waals surface area contributed by atoms with Crippen molar-refractivity contribution in [1.82, 2.24) is 4.90 Å². The summed E-state index contributed by atoms with van der Waals surface area (Å²) >= 11 is 1.63. The average molecular weight is 412 g/mol. The highest BCUT2D eigenvalue weighted by atomic mass is 32.2. The van der Waals surface area contributed by atoms with Gasteiger partial charge >= 0.3 is 0 Å². The van der Waals surface area contributed by atoms with E-state index >= 15 is 0 Å². The third kappa shape index (κ3) is 4.13. The molecule has 0 aromatic heterocycles. The van der Waals surface area contributed by atoms with Crippen molar-refractivity contribution in [2.24, 2.45) is 5.92 Å². The second-order valence-corrected chi connectivity index (χ2v) is 8.35. The maximum absolute atomic E-state index is 13.0. The molecule has 2 aliphatic rings. The van der Waals surface area contributed by atoms with E-state index in [9.17, 15) is 9.59 Å². The first-order valence-electron chi connectivity index (χ1n) is 9.94. The minimum atomic E-state index is -0.0692. The number of aryl methyl sites for hydroxylation is 1. The molecule has 0 N–H and O–H groups in total. The summed E-state index contributed by atoms with van der Waals surface area (Å²) in [6, 6.07) is 11.4. The first-order valence-corrected chi connectivity index (χ1v) is 11.2. The molecule has 1 saturated heterocycles. The van der Waals surface area contributed by atoms with Crippen LogP contribution in [-0.4, -0.2) is 49.1 Å². The first-order chi connectivity index (χ1) is 14.1. The summed E-state index contributed by atoms with van der Waals surface area (Å²) in [6.07, 6.45) is 3.37. The van der Waals surface area contributed by atoms with Gasteiger partial charge in [-0.05, 0) is 61.9 Å². The highest BCUT2D eigenvalue weighted by Crippen LogP contribution is 2.33. The van der Waals surface area contributed by atoms with Crippen molar-refractivity contribution in [1.29, 1.82) is 0 Å². The lowest BCUT2D eigenvalue weighted by molar-refractivity contribution is 0.0649. The van der Waals surface area contributed by atoms with Crippen molar-refractivity contribution >= 4 is 23.5 Å². The molecule has 0 radical (unpaired) electrons. The molecule has 0 spiro atoms. The van der Waals surface area contributed by atoms with Crippen molar-refractivity contribution in [2.75, 3.05) is 32.6 Å². The Bertz CT molecular complexity index is 934. The largest absolute Gasteiger partial charge is 0.486 e. The average Bonchev–Trinajstić information content (AvgIpc) is 2.78. The van der Waals surface area contributed by atoms with E-state index in [1.807, 2.05) is 48.4 Å². The summed E-state index contributed by atoms with van der Waals surface area (Å²) in [7, 11) is 0. The number of fused-ring (bicyclic) bond motifs is 1. The number of hydrogen-bond donors (Lipinski definition) is 0. The van der Waals surface area contributed by atoms with E-state index in [0.29, 0.717) is 56.2 Å². The van der Waals surface area contributed by atoms with Gasteiger partial charge in [0.1, 0.15) is 13.2 Å². The van der Waals surface area contributed by atoms with Crippen LogP contribution in [0.1, 0.15) is 39.1 Å². The highest BCUT2D eigenvalue weighted by molar-refractivity contribution is 7.98. The molecule has 152 valence electrons. The van der Waals surface area contributed by atoms with Crippen LogP contribution in [0.3, 0.4) is 0 Å². The Labute approximate surface area is 175 Å². The number of hydrogen-bond acceptors (Lipinski definition) is 5. The number of Topliss-reactive ketones (excluding diaryl/α,β-unsaturated/α-hetero) is 1. The third-order valence-corrected chi connectivity index (χ3v) is 6.38. The zero-order valence-electron chi connectivity index (χ0n) is 16.8. The lowest BCUT2D eigenvalue weighted by Gasteiger charge is -2.32. The molecule has 5 nitrogen and oxygen atoms in total. The lowest BCUT2D eigenvalue weighted by Crippen LogP contribution is -2.40. The number of carbonyl (C=O) groups is 2. The van der Waals surface area contributed by atoms with Crippen molar-refractivity contribution in [3.63, 3.8) is 0 Å². The second-order valence-electron chi connectivity index (χ2n) is 7.47. The topological polar surface area (TPSA) is 55.8 Å². The normalized spacial score (nSPS) is 16.6. The van der Waals surface area contributed by atoms with Crippen molar-refractivity contribution < 1.29 is 19.1 Å². The molecule has 2 aromatic rings. The summed E-state index contributed by atoms with van der Waals surface area (Å²) in [5.74, 6) is 1.44. The fourth-order valence-corrected chi connectivity index (χ4v) is 4.35. The first kappa shape index (κ1) is 19.8. The predicted molar refractivity (Wildman–Crippen MR) is 113 cm³/mol. The number of carbonyl (C=O) groups excluding carboxylic acids is 2. The van der Waals surface area contributed by atoms with Crippen LogP contribution in [-0.2, 0) is 0 Å². The van der Waals surface area contributed by atoms with E-state index < -0.39 is 0 Å². The van der Waals surface area contributed by atoms with Gasteiger partial charge in [0.25, 0.3) is 5.91 Å². The molecule has 1 fully saturated rings. The third-order valence-electron chi connectivity index (χ3n) is 5.65. The number of thioether (sulfide) groups is 1. The zero-order chi connectivity index (χ0) is 20.4. The molecule has 2 heterocycles. The van der Waals surface area contributed by atoms with Crippen molar-refractivity contribution in [3.05, 3.63) is 53.1 Å². The molecule has 0 saturated carbocycles. The van der Waals surface area contributed by atoms with Gasteiger partial charge in [0.2, 0.25) is 0 Å². The Morgan fingerprint density at radius 1 is 1.00 bits per heavy atom. The Kier molecular flexibility index (Phi) is 5.81. The van der Waals surface area contributed by atoms with Gasteiger partial charge in [-0.15, -0.1) is 11.8 Å². The number of piperidine rings is 1. The Morgan fingerprint density at radius 2 is 1.72 bits per heavy atom. The zero-order valence-corrected chi connectivity index (χ0v) is 17.6. The smallest absolute Gasteiger partial charge is 0.254 e. The van der Waals surface area contributed by atoms with Crippen LogP contribution in [0.15, 0.2) is 41.3 Å². The standard InChI is InChI=1S/C23H25NO4S/c1-15-3-5-18(29-2)14-19(15)23(26)24-9-7-16(8-10-24)22(25)17-4-6-20-21(13-17)28-12-11-27-20/h3-6,13-14,16H,7-12H2,1-2H3. The van der Waals surface area contributed by atoms with E-state index in [2.05, 4.69) is 0 Å². The van der Waals surface area contributed by atoms with Crippen LogP contribution in [0.2, 0.25) is 0 Å². The molecule has 29 heavy (non-hydrogen) atoms. The van der Waals surface area contributed by atoms with Gasteiger partial charge in [-0.25, -0.2) is 0 Å². The van der Waals surface area contributed by atoms with Crippen LogP contribution in [0.25, 0.3) is 0 Å². The van der Waals surface area contributed by atoms with Crippen molar-refractivity contribution in [2.45, 2.75) is 24.7 Å². The summed E-state index contributed by atoms with van der Waals surface area (Å²) in [5.41, 5.74) is 2.40. The number of rotatable bonds is 4. The van der Waals surface area contributed by atoms with Gasteiger partial charge < -0.3 is 14.4 Å². The fourth-order valence-electron chi connectivity index (χ4n) is 3.91. The molecule has 0 unspecified atom stereocenters. The van der Waals surface area contributed by atoms with Gasteiger partial charge in [0.15, 0.2) is 17.3 Å². The van der Waals surface area contributed by atoms with Gasteiger partial charge in [0.05, 0.1) is 0 Å². The summed E-state index contributed by atoms with van der Waals surface area (Å²) in [6.45, 7) is 4.20. The number of nitrogens with zero attached hydrogens (tertiary/aromatic N) is 1. The summed E-state index contributed by atoms with van der Waals surface area (Å²) in [5, 5.41) is 0. The van der Waals surface area contributed by atoms with Gasteiger partial charge in [-0.1, -0.05) is 6.07 Å². The Balaban J connectivity index is 1.41. The number of ether oxygens (including phenoxy) is 2. The summed E-state index contributed by atoms with van der Waals surface area (Å²) < 4.78 is 11.1. The Hall–Kier alpha value is -2.47. The van der Waals surface area contributed by atoms with Gasteiger partial charge in [0, 0.05) is 35.0 Å². The number of likely N-dealkylation sites (tertiary alicyclic amines) is 1. The van der Waals surface area contributed by atoms with Gasteiger partial charge in [-0.3, -0.25) is 9.59 Å². The van der Waals surface area contributed by atoms with Crippen LogP contribution < -0.4 is 9.47 Å². The maximum Gasteiger partial charge on any atom is 0.254 e. The van der Waals surface area contributed by atoms with Crippen molar-refractivity contribution in [3.8, 4) is 11.5 Å². The molecule has 6 heteroatoms. The van der Waals surface area contributed by atoms with E-state index in [1.54, 1.807) is 17.8 Å². The SMILES string of the molecule is CSc1ccc(C)c(C(=O)N2CCC(C(=O)c3ccc4c(c3)OCCO4)CC2)c1. The van der Waals surface area contributed by atoms with Crippen LogP contribution in [0.4, 0.5) is 0 Å². The molecular formula is C23H25NO4S. The van der Waals surface area contributed by atoms with E-state index in [0.717, 1.165) is 16.0 Å². The second kappa shape index (κ2) is 8.49. The summed E-state index contributed by atoms with van der Waals surface area (Å²) in [4.78, 5) is 28.9. The van der Waals surface area contributed by atoms with Crippen LogP contribution >= 0.6 is 11.8 Å². The molecule has 2 aliphatic heterocycles. The number of ketones is 1. The molecular weight excluding hydrogens is 386 g/mol. The number of benzene rings is 2. The number of amides is 1. The lowest BCUT2D eigenvalue weighted by atomic mass is 9.88. The van der Waals surface area contributed by atoms with E-state index in [1.165, 1.54) is 0 Å². The fraction of sp³-hybridized carbons (Fsp3) is 0.391. The molecule has 4 rings (SSSR count). The Morgan fingerprint density at radius 3 is 2.45 bits per heavy atom.